The number of amides is 1. The Kier molecular flexibility index (Phi) is 60.4. The molecule has 0 aliphatic heterocycles. The number of nitrogens with one attached hydrogen (secondary N) is 1. The van der Waals surface area contributed by atoms with Gasteiger partial charge in [-0.1, -0.05) is 321 Å². The average Bonchev–Trinajstić information content (AvgIpc) is 3.37. The van der Waals surface area contributed by atoms with Crippen molar-refractivity contribution in [2.45, 2.75) is 385 Å². The molecule has 0 aromatic heterocycles. The molecule has 71 heavy (non-hydrogen) atoms. The zero-order chi connectivity index (χ0) is 51.4. The van der Waals surface area contributed by atoms with Gasteiger partial charge in [0.2, 0.25) is 5.91 Å². The van der Waals surface area contributed by atoms with Crippen LogP contribution in [0.1, 0.15) is 367 Å². The molecule has 0 rings (SSSR count). The second-order valence-electron chi connectivity index (χ2n) is 22.7. The first-order valence-corrected chi connectivity index (χ1v) is 32.6. The second-order valence-corrected chi connectivity index (χ2v) is 22.7. The molecule has 0 spiro atoms. The predicted octanol–water partition coefficient (Wildman–Crippen LogP) is 20.8. The molecule has 0 fully saturated rings. The molecule has 0 bridgehead atoms. The summed E-state index contributed by atoms with van der Waals surface area (Å²) in [6.07, 6.45) is 79.6. The van der Waals surface area contributed by atoms with Gasteiger partial charge in [0.1, 0.15) is 6.10 Å². The number of aliphatic hydroxyl groups excluding tert-OH is 3. The Balaban J connectivity index is 3.47. The average molecular weight is 1000 g/mol. The van der Waals surface area contributed by atoms with E-state index in [0.717, 1.165) is 38.5 Å². The normalized spacial score (nSPS) is 13.3. The van der Waals surface area contributed by atoms with E-state index in [1.54, 1.807) is 0 Å². The molecular formula is C66H129NO4. The number of rotatable bonds is 61. The predicted molar refractivity (Wildman–Crippen MR) is 315 cm³/mol. The van der Waals surface area contributed by atoms with Crippen molar-refractivity contribution >= 4 is 5.91 Å². The van der Waals surface area contributed by atoms with E-state index in [1.807, 2.05) is 0 Å². The Morgan fingerprint density at radius 3 is 0.817 bits per heavy atom. The zero-order valence-electron chi connectivity index (χ0n) is 48.4. The third-order valence-electron chi connectivity index (χ3n) is 15.5. The van der Waals surface area contributed by atoms with Gasteiger partial charge in [0, 0.05) is 6.42 Å². The molecule has 4 N–H and O–H groups in total. The topological polar surface area (TPSA) is 89.8 Å². The van der Waals surface area contributed by atoms with E-state index in [1.165, 1.54) is 302 Å². The second kappa shape index (κ2) is 61.4. The van der Waals surface area contributed by atoms with Crippen LogP contribution < -0.4 is 5.32 Å². The highest BCUT2D eigenvalue weighted by atomic mass is 16.3. The third-order valence-corrected chi connectivity index (χ3v) is 15.5. The lowest BCUT2D eigenvalue weighted by Crippen LogP contribution is -2.50. The number of aliphatic hydroxyl groups is 3. The fourth-order valence-corrected chi connectivity index (χ4v) is 10.5. The molecule has 1 amide bonds. The minimum absolute atomic E-state index is 0.147. The van der Waals surface area contributed by atoms with Crippen LogP contribution in [-0.4, -0.2) is 46.1 Å². The maximum Gasteiger partial charge on any atom is 0.220 e. The summed E-state index contributed by atoms with van der Waals surface area (Å²) < 4.78 is 0. The zero-order valence-corrected chi connectivity index (χ0v) is 48.4. The first-order valence-electron chi connectivity index (χ1n) is 32.6. The number of unbranched alkanes of at least 4 members (excludes halogenated alkanes) is 49. The third kappa shape index (κ3) is 56.4. The van der Waals surface area contributed by atoms with Gasteiger partial charge >= 0.3 is 0 Å². The van der Waals surface area contributed by atoms with Crippen molar-refractivity contribution < 1.29 is 20.1 Å². The molecule has 5 heteroatoms. The first kappa shape index (κ1) is 69.8. The lowest BCUT2D eigenvalue weighted by Gasteiger charge is -2.26. The van der Waals surface area contributed by atoms with Crippen molar-refractivity contribution in [1.82, 2.24) is 5.32 Å². The Morgan fingerprint density at radius 1 is 0.338 bits per heavy atom. The van der Waals surface area contributed by atoms with Crippen molar-refractivity contribution in [3.05, 3.63) is 24.3 Å². The van der Waals surface area contributed by atoms with Gasteiger partial charge < -0.3 is 20.6 Å². The van der Waals surface area contributed by atoms with E-state index in [-0.39, 0.29) is 12.5 Å². The molecule has 0 aliphatic carbocycles. The van der Waals surface area contributed by atoms with Gasteiger partial charge in [0.25, 0.3) is 0 Å². The van der Waals surface area contributed by atoms with Crippen LogP contribution in [0.2, 0.25) is 0 Å². The van der Waals surface area contributed by atoms with E-state index in [9.17, 15) is 20.1 Å². The molecule has 3 unspecified atom stereocenters. The van der Waals surface area contributed by atoms with Crippen molar-refractivity contribution in [2.75, 3.05) is 6.61 Å². The monoisotopic (exact) mass is 1000 g/mol. The van der Waals surface area contributed by atoms with E-state index in [2.05, 4.69) is 43.5 Å². The van der Waals surface area contributed by atoms with Gasteiger partial charge in [-0.15, -0.1) is 0 Å². The minimum Gasteiger partial charge on any atom is -0.394 e. The highest BCUT2D eigenvalue weighted by molar-refractivity contribution is 5.76. The molecule has 3 atom stereocenters. The van der Waals surface area contributed by atoms with Crippen LogP contribution in [-0.2, 0) is 4.79 Å². The van der Waals surface area contributed by atoms with Gasteiger partial charge in [0.05, 0.1) is 18.8 Å². The lowest BCUT2D eigenvalue weighted by atomic mass is 10.0. The number of allylic oxidation sites excluding steroid dienone is 4. The van der Waals surface area contributed by atoms with Crippen LogP contribution in [0.3, 0.4) is 0 Å². The van der Waals surface area contributed by atoms with E-state index >= 15 is 0 Å². The van der Waals surface area contributed by atoms with Crippen LogP contribution in [0.15, 0.2) is 24.3 Å². The molecule has 422 valence electrons. The van der Waals surface area contributed by atoms with Gasteiger partial charge in [-0.2, -0.15) is 0 Å². The van der Waals surface area contributed by atoms with Crippen molar-refractivity contribution in [1.29, 1.82) is 0 Å². The maximum atomic E-state index is 12.5. The van der Waals surface area contributed by atoms with Gasteiger partial charge in [-0.05, 0) is 64.2 Å². The van der Waals surface area contributed by atoms with Crippen LogP contribution in [0, 0.1) is 0 Å². The molecular weight excluding hydrogens is 871 g/mol. The number of carbonyl (C=O) groups excluding carboxylic acids is 1. The minimum atomic E-state index is -1.16. The highest BCUT2D eigenvalue weighted by Gasteiger charge is 2.26. The summed E-state index contributed by atoms with van der Waals surface area (Å²) in [4.78, 5) is 12.5. The van der Waals surface area contributed by atoms with E-state index in [4.69, 9.17) is 0 Å². The van der Waals surface area contributed by atoms with Gasteiger partial charge in [0.15, 0.2) is 0 Å². The summed E-state index contributed by atoms with van der Waals surface area (Å²) in [5.74, 6) is -0.147. The summed E-state index contributed by atoms with van der Waals surface area (Å²) in [5, 5.41) is 33.8. The highest BCUT2D eigenvalue weighted by Crippen LogP contribution is 2.19. The number of carbonyl (C=O) groups is 1. The molecule has 5 nitrogen and oxygen atoms in total. The Morgan fingerprint density at radius 2 is 0.563 bits per heavy atom. The lowest BCUT2D eigenvalue weighted by molar-refractivity contribution is -0.124. The van der Waals surface area contributed by atoms with Crippen molar-refractivity contribution in [3.63, 3.8) is 0 Å². The van der Waals surface area contributed by atoms with E-state index in [0.29, 0.717) is 12.8 Å². The number of hydrogen-bond acceptors (Lipinski definition) is 4. The SMILES string of the molecule is CCCCCCCCCCCCCCCCC/C=C/CCCC(O)C(O)C(CO)NC(=O)CCCCCCCCCCCCCCCCCCC/C=C\CCCCCCCCCCCCCCCCCC. The van der Waals surface area contributed by atoms with Crippen molar-refractivity contribution in [3.8, 4) is 0 Å². The van der Waals surface area contributed by atoms with E-state index < -0.39 is 18.2 Å². The molecule has 0 aromatic rings. The molecule has 0 heterocycles. The fraction of sp³-hybridized carbons (Fsp3) is 0.924. The molecule has 0 radical (unpaired) electrons. The maximum absolute atomic E-state index is 12.5. The van der Waals surface area contributed by atoms with Crippen LogP contribution in [0.5, 0.6) is 0 Å². The van der Waals surface area contributed by atoms with Gasteiger partial charge in [-0.25, -0.2) is 0 Å². The summed E-state index contributed by atoms with van der Waals surface area (Å²) in [7, 11) is 0. The number of hydrogen-bond donors (Lipinski definition) is 4. The Hall–Kier alpha value is -1.17. The standard InChI is InChI=1S/C66H129NO4/c1-3-5-7-9-11-13-15-17-19-21-23-25-26-27-28-29-30-31-32-33-34-35-36-37-38-39-40-41-43-45-47-49-51-53-55-57-59-61-65(70)67-63(62-68)66(71)64(69)60-58-56-54-52-50-48-46-44-42-24-22-20-18-16-14-12-10-8-6-4-2/h31-32,52,54,63-64,66,68-69,71H,3-30,33-51,53,55-62H2,1-2H3,(H,67,70)/b32-31-,54-52+. The molecule has 0 saturated carbocycles. The smallest absolute Gasteiger partial charge is 0.220 e. The molecule has 0 aromatic carbocycles. The quantitative estimate of drug-likeness (QED) is 0.0361. The largest absolute Gasteiger partial charge is 0.394 e. The van der Waals surface area contributed by atoms with Crippen LogP contribution in [0.4, 0.5) is 0 Å². The Labute approximate surface area is 445 Å². The van der Waals surface area contributed by atoms with Crippen LogP contribution in [0.25, 0.3) is 0 Å². The summed E-state index contributed by atoms with van der Waals surface area (Å²) in [6.45, 7) is 4.21. The molecule has 0 saturated heterocycles. The van der Waals surface area contributed by atoms with Gasteiger partial charge in [-0.3, -0.25) is 4.79 Å². The van der Waals surface area contributed by atoms with Crippen molar-refractivity contribution in [2.24, 2.45) is 0 Å². The summed E-state index contributed by atoms with van der Waals surface area (Å²) in [6, 6.07) is -0.825. The summed E-state index contributed by atoms with van der Waals surface area (Å²) in [5.41, 5.74) is 0. The fourth-order valence-electron chi connectivity index (χ4n) is 10.5. The first-order chi connectivity index (χ1) is 35.1. The summed E-state index contributed by atoms with van der Waals surface area (Å²) >= 11 is 0. The Bertz CT molecular complexity index is 1060. The van der Waals surface area contributed by atoms with Crippen LogP contribution >= 0.6 is 0 Å². The molecule has 0 aliphatic rings.